The molecule has 0 radical (unpaired) electrons. The Morgan fingerprint density at radius 2 is 0.608 bits per heavy atom. The Morgan fingerprint density at radius 3 is 0.866 bits per heavy atom. The summed E-state index contributed by atoms with van der Waals surface area (Å²) in [4.78, 5) is 110. The highest BCUT2D eigenvalue weighted by Gasteiger charge is 2.48. The van der Waals surface area contributed by atoms with Crippen molar-refractivity contribution in [3.63, 3.8) is 0 Å². The largest absolute Gasteiger partial charge is 0.394 e. The van der Waals surface area contributed by atoms with Crippen LogP contribution in [0.2, 0.25) is 0 Å². The van der Waals surface area contributed by atoms with E-state index in [9.17, 15) is 89.1 Å². The molecule has 3 saturated heterocycles. The van der Waals surface area contributed by atoms with Gasteiger partial charge in [-0.3, -0.25) is 43.2 Å². The third-order valence-corrected chi connectivity index (χ3v) is 15.5. The predicted octanol–water partition coefficient (Wildman–Crippen LogP) is -6.78. The molecular weight excluding hydrogens is 1290 g/mol. The minimum absolute atomic E-state index is 0.00689. The fraction of sp³-hybridized carbons (Fsp3) is 0.852. The van der Waals surface area contributed by atoms with Crippen molar-refractivity contribution in [3.05, 3.63) is 0 Å². The predicted molar refractivity (Wildman–Crippen MR) is 337 cm³/mol. The molecule has 0 aromatic carbocycles. The molecule has 18 N–H and O–H groups in total. The summed E-state index contributed by atoms with van der Waals surface area (Å²) in [7, 11) is 0. The van der Waals surface area contributed by atoms with E-state index in [0.717, 1.165) is 0 Å². The van der Waals surface area contributed by atoms with Gasteiger partial charge in [0.15, 0.2) is 18.9 Å². The number of amides is 9. The van der Waals surface area contributed by atoms with Crippen LogP contribution in [0.3, 0.4) is 0 Å². The molecule has 36 heteroatoms. The van der Waals surface area contributed by atoms with E-state index in [1.807, 2.05) is 0 Å². The molecule has 3 fully saturated rings. The second kappa shape index (κ2) is 48.3. The number of rotatable bonds is 50. The smallest absolute Gasteiger partial charge is 0.222 e. The summed E-state index contributed by atoms with van der Waals surface area (Å²) in [5.41, 5.74) is -1.13. The molecule has 0 saturated carbocycles. The average Bonchev–Trinajstić information content (AvgIpc) is 0.831. The summed E-state index contributed by atoms with van der Waals surface area (Å²) in [6, 6.07) is -3.22. The van der Waals surface area contributed by atoms with Gasteiger partial charge in [0, 0.05) is 118 Å². The zero-order valence-electron chi connectivity index (χ0n) is 56.2. The second-order valence-electron chi connectivity index (χ2n) is 24.1. The number of unbranched alkanes of at least 4 members (excludes halogenated alkanes) is 3. The minimum atomic E-state index is -1.44. The first-order valence-electron chi connectivity index (χ1n) is 33.3. The molecule has 0 aliphatic carbocycles. The van der Waals surface area contributed by atoms with Crippen LogP contribution in [-0.4, -0.2) is 309 Å². The molecule has 0 bridgehead atoms. The van der Waals surface area contributed by atoms with Crippen LogP contribution < -0.4 is 47.9 Å². The van der Waals surface area contributed by atoms with Gasteiger partial charge in [-0.1, -0.05) is 0 Å². The van der Waals surface area contributed by atoms with Gasteiger partial charge in [-0.15, -0.1) is 0 Å². The van der Waals surface area contributed by atoms with Crippen molar-refractivity contribution < 1.29 is 132 Å². The van der Waals surface area contributed by atoms with Crippen molar-refractivity contribution >= 4 is 53.2 Å². The molecule has 9 amide bonds. The first-order valence-corrected chi connectivity index (χ1v) is 33.3. The van der Waals surface area contributed by atoms with E-state index < -0.39 is 135 Å². The number of carbonyl (C=O) groups excluding carboxylic acids is 9. The van der Waals surface area contributed by atoms with E-state index in [4.69, 9.17) is 42.6 Å². The standard InChI is InChI=1S/C61H109N9O27/c1-37(74)68-49-55(86)52(83)40(32-71)95-58(49)91-26-8-5-14-43(77)62-20-11-23-65-46(80)17-29-89-35-61(4,94-31-19-48(82)67-25-13-22-64-45(79)16-7-10-28-93-60-51(70-39(3)76)57(88)54(85)42(34-73)97-60)36-90-30-18-47(81)66-24-12-21-63-44(78)15-6-9-27-92-59-50(69-38(2)75)56(87)53(84)41(33-72)96-59/h40-42,49-60,71-73,83-88H,5-36H2,1-4H3,(H,62,77)(H,63,78)(H,64,79)(H,65,80)(H,66,81)(H,67,82)(H,68,74)(H,69,75)(H,70,76). The Kier molecular flexibility index (Phi) is 42.7. The van der Waals surface area contributed by atoms with Gasteiger partial charge in [-0.05, 0) is 64.7 Å². The first kappa shape index (κ1) is 85.7. The van der Waals surface area contributed by atoms with Gasteiger partial charge < -0.3 is 136 Å². The topological polar surface area (TPSA) is 527 Å². The van der Waals surface area contributed by atoms with Crippen LogP contribution in [-0.2, 0) is 85.8 Å². The Bertz CT molecular complexity index is 2240. The van der Waals surface area contributed by atoms with Crippen molar-refractivity contribution in [2.24, 2.45) is 0 Å². The Hall–Kier alpha value is -5.49. The number of carbonyl (C=O) groups is 9. The quantitative estimate of drug-likeness (QED) is 0.0252. The molecule has 15 atom stereocenters. The summed E-state index contributed by atoms with van der Waals surface area (Å²) in [5, 5.41) is 114. The summed E-state index contributed by atoms with van der Waals surface area (Å²) < 4.78 is 51.5. The van der Waals surface area contributed by atoms with Crippen molar-refractivity contribution in [1.29, 1.82) is 0 Å². The molecule has 3 aliphatic rings. The highest BCUT2D eigenvalue weighted by Crippen LogP contribution is 2.26. The summed E-state index contributed by atoms with van der Waals surface area (Å²) in [5.74, 6) is -3.07. The van der Waals surface area contributed by atoms with Gasteiger partial charge in [0.1, 0.15) is 78.7 Å². The molecule has 3 heterocycles. The maximum atomic E-state index is 12.8. The zero-order chi connectivity index (χ0) is 71.7. The summed E-state index contributed by atoms with van der Waals surface area (Å²) >= 11 is 0. The van der Waals surface area contributed by atoms with Crippen LogP contribution in [0.5, 0.6) is 0 Å². The molecule has 97 heavy (non-hydrogen) atoms. The van der Waals surface area contributed by atoms with Gasteiger partial charge in [-0.2, -0.15) is 0 Å². The van der Waals surface area contributed by atoms with Gasteiger partial charge >= 0.3 is 0 Å². The highest BCUT2D eigenvalue weighted by molar-refractivity contribution is 5.78. The lowest BCUT2D eigenvalue weighted by Crippen LogP contribution is -2.64. The van der Waals surface area contributed by atoms with Crippen molar-refractivity contribution in [1.82, 2.24) is 47.9 Å². The number of nitrogens with one attached hydrogen (secondary N) is 9. The molecule has 3 rings (SSSR count). The monoisotopic (exact) mass is 1400 g/mol. The molecule has 0 aromatic heterocycles. The molecule has 0 aromatic rings. The van der Waals surface area contributed by atoms with Gasteiger partial charge in [0.2, 0.25) is 53.2 Å². The fourth-order valence-corrected chi connectivity index (χ4v) is 10.2. The van der Waals surface area contributed by atoms with E-state index in [-0.39, 0.29) is 166 Å². The minimum Gasteiger partial charge on any atom is -0.394 e. The van der Waals surface area contributed by atoms with Crippen molar-refractivity contribution in [3.8, 4) is 0 Å². The number of ether oxygens (including phenoxy) is 9. The van der Waals surface area contributed by atoms with Crippen LogP contribution >= 0.6 is 0 Å². The number of aliphatic hydroxyl groups excluding tert-OH is 9. The Balaban J connectivity index is 1.35. The molecule has 36 nitrogen and oxygen atoms in total. The van der Waals surface area contributed by atoms with E-state index in [1.54, 1.807) is 6.92 Å². The van der Waals surface area contributed by atoms with Crippen LogP contribution in [0.1, 0.15) is 124 Å². The zero-order valence-corrected chi connectivity index (χ0v) is 56.2. The number of hydrogen-bond donors (Lipinski definition) is 18. The normalized spacial score (nSPS) is 26.1. The maximum Gasteiger partial charge on any atom is 0.222 e. The lowest BCUT2D eigenvalue weighted by molar-refractivity contribution is -0.270. The van der Waals surface area contributed by atoms with Crippen molar-refractivity contribution in [2.45, 2.75) is 222 Å². The lowest BCUT2D eigenvalue weighted by atomic mass is 9.97. The average molecular weight is 1400 g/mol. The number of hydrogen-bond acceptors (Lipinski definition) is 27. The molecule has 3 aliphatic heterocycles. The third kappa shape index (κ3) is 34.4. The molecule has 560 valence electrons. The SMILES string of the molecule is CC(=O)NC1C(OCCCCC(=O)NCCCNC(=O)CCOCC(C)(COCCC(=O)NCCCNC(=O)CCCCOC2OC(CO)C(O)C(O)C2NC(C)=O)OCCC(=O)NCCCNC(=O)CCCCOC2OC(CO)C(O)C(O)C2NC(C)=O)OC(CO)C(O)C1O. The highest BCUT2D eigenvalue weighted by atomic mass is 16.7. The Labute approximate surface area is 564 Å². The van der Waals surface area contributed by atoms with E-state index in [2.05, 4.69) is 47.9 Å². The second-order valence-corrected chi connectivity index (χ2v) is 24.1. The van der Waals surface area contributed by atoms with Crippen LogP contribution in [0.25, 0.3) is 0 Å². The van der Waals surface area contributed by atoms with Crippen molar-refractivity contribution in [2.75, 3.05) is 112 Å². The van der Waals surface area contributed by atoms with Gasteiger partial charge in [0.25, 0.3) is 0 Å². The summed E-state index contributed by atoms with van der Waals surface area (Å²) in [6.07, 6.45) is -11.1. The van der Waals surface area contributed by atoms with Crippen LogP contribution in [0, 0.1) is 0 Å². The van der Waals surface area contributed by atoms with E-state index in [0.29, 0.717) is 57.8 Å². The Morgan fingerprint density at radius 1 is 0.351 bits per heavy atom. The first-order chi connectivity index (χ1) is 46.3. The fourth-order valence-electron chi connectivity index (χ4n) is 10.2. The summed E-state index contributed by atoms with van der Waals surface area (Å²) in [6.45, 7) is 5.39. The van der Waals surface area contributed by atoms with E-state index >= 15 is 0 Å². The van der Waals surface area contributed by atoms with Crippen LogP contribution in [0.15, 0.2) is 0 Å². The molecule has 15 unspecified atom stereocenters. The maximum absolute atomic E-state index is 12.8. The molecular formula is C61H109N9O27. The van der Waals surface area contributed by atoms with Gasteiger partial charge in [-0.25, -0.2) is 0 Å². The molecule has 0 spiro atoms. The van der Waals surface area contributed by atoms with E-state index in [1.165, 1.54) is 20.8 Å². The van der Waals surface area contributed by atoms with Gasteiger partial charge in [0.05, 0.1) is 52.9 Å². The van der Waals surface area contributed by atoms with Crippen LogP contribution in [0.4, 0.5) is 0 Å². The number of aliphatic hydroxyl groups is 9. The third-order valence-electron chi connectivity index (χ3n) is 15.5. The lowest BCUT2D eigenvalue weighted by Gasteiger charge is -2.42.